The molecule has 2 atom stereocenters. The van der Waals surface area contributed by atoms with Crippen LogP contribution >= 0.6 is 11.6 Å². The van der Waals surface area contributed by atoms with Gasteiger partial charge in [0.05, 0.1) is 5.02 Å². The molecular weight excluding hydrogens is 213 g/mol. The van der Waals surface area contributed by atoms with Gasteiger partial charge in [-0.2, -0.15) is 0 Å². The van der Waals surface area contributed by atoms with Gasteiger partial charge in [-0.3, -0.25) is 0 Å². The van der Waals surface area contributed by atoms with Gasteiger partial charge in [0.1, 0.15) is 5.82 Å². The van der Waals surface area contributed by atoms with Crippen molar-refractivity contribution in [3.05, 3.63) is 34.6 Å². The second-order valence-corrected chi connectivity index (χ2v) is 4.69. The lowest BCUT2D eigenvalue weighted by molar-refractivity contribution is 0.434. The van der Waals surface area contributed by atoms with Gasteiger partial charge in [0, 0.05) is 6.04 Å². The minimum atomic E-state index is -0.384. The van der Waals surface area contributed by atoms with Gasteiger partial charge in [0.25, 0.3) is 0 Å². The molecule has 0 aliphatic rings. The van der Waals surface area contributed by atoms with Crippen LogP contribution in [0.5, 0.6) is 0 Å². The standard InChI is InChI=1S/C12H17ClFN/c1-7(2)12(15)8(3)9-4-5-11(14)10(13)6-9/h4-8,12H,15H2,1-3H3. The van der Waals surface area contributed by atoms with Gasteiger partial charge in [-0.1, -0.05) is 38.4 Å². The Morgan fingerprint density at radius 1 is 1.27 bits per heavy atom. The highest BCUT2D eigenvalue weighted by Crippen LogP contribution is 2.26. The zero-order valence-corrected chi connectivity index (χ0v) is 10.1. The van der Waals surface area contributed by atoms with Crippen LogP contribution in [0.3, 0.4) is 0 Å². The van der Waals surface area contributed by atoms with E-state index < -0.39 is 0 Å². The Morgan fingerprint density at radius 3 is 2.33 bits per heavy atom. The molecule has 0 aromatic heterocycles. The molecule has 3 heteroatoms. The average molecular weight is 230 g/mol. The maximum atomic E-state index is 13.0. The Balaban J connectivity index is 2.91. The third-order valence-electron chi connectivity index (χ3n) is 2.82. The Morgan fingerprint density at radius 2 is 1.87 bits per heavy atom. The molecule has 15 heavy (non-hydrogen) atoms. The van der Waals surface area contributed by atoms with Crippen molar-refractivity contribution in [1.29, 1.82) is 0 Å². The van der Waals surface area contributed by atoms with Crippen molar-refractivity contribution < 1.29 is 4.39 Å². The normalized spacial score (nSPS) is 15.4. The summed E-state index contributed by atoms with van der Waals surface area (Å²) < 4.78 is 13.0. The fourth-order valence-corrected chi connectivity index (χ4v) is 1.78. The Kier molecular flexibility index (Phi) is 4.12. The highest BCUT2D eigenvalue weighted by molar-refractivity contribution is 6.30. The molecule has 0 spiro atoms. The minimum Gasteiger partial charge on any atom is -0.327 e. The van der Waals surface area contributed by atoms with Gasteiger partial charge in [-0.25, -0.2) is 4.39 Å². The molecule has 0 aliphatic carbocycles. The van der Waals surface area contributed by atoms with E-state index in [1.807, 2.05) is 6.92 Å². The van der Waals surface area contributed by atoms with Crippen LogP contribution in [0.15, 0.2) is 18.2 Å². The van der Waals surface area contributed by atoms with Crippen LogP contribution in [0.4, 0.5) is 4.39 Å². The highest BCUT2D eigenvalue weighted by Gasteiger charge is 2.18. The molecule has 0 heterocycles. The summed E-state index contributed by atoms with van der Waals surface area (Å²) in [6, 6.07) is 4.85. The summed E-state index contributed by atoms with van der Waals surface area (Å²) in [4.78, 5) is 0. The molecule has 1 rings (SSSR count). The maximum Gasteiger partial charge on any atom is 0.141 e. The topological polar surface area (TPSA) is 26.0 Å². The summed E-state index contributed by atoms with van der Waals surface area (Å²) in [7, 11) is 0. The Hall–Kier alpha value is -0.600. The minimum absolute atomic E-state index is 0.0616. The molecular formula is C12H17ClFN. The van der Waals surface area contributed by atoms with E-state index in [0.717, 1.165) is 5.56 Å². The van der Waals surface area contributed by atoms with E-state index in [-0.39, 0.29) is 22.8 Å². The van der Waals surface area contributed by atoms with Crippen LogP contribution in [0.25, 0.3) is 0 Å². The van der Waals surface area contributed by atoms with Crippen LogP contribution in [0, 0.1) is 11.7 Å². The predicted molar refractivity (Wildman–Crippen MR) is 62.6 cm³/mol. The summed E-state index contributed by atoms with van der Waals surface area (Å²) in [5.41, 5.74) is 7.03. The summed E-state index contributed by atoms with van der Waals surface area (Å²) in [5.74, 6) is 0.192. The molecule has 0 radical (unpaired) electrons. The predicted octanol–water partition coefficient (Wildman–Crippen LogP) is 3.57. The third-order valence-corrected chi connectivity index (χ3v) is 3.11. The number of benzene rings is 1. The number of hydrogen-bond acceptors (Lipinski definition) is 1. The van der Waals surface area contributed by atoms with Crippen LogP contribution < -0.4 is 5.73 Å². The molecule has 0 bridgehead atoms. The Labute approximate surface area is 95.4 Å². The lowest BCUT2D eigenvalue weighted by Crippen LogP contribution is -2.32. The number of halogens is 2. The largest absolute Gasteiger partial charge is 0.327 e. The van der Waals surface area contributed by atoms with Crippen molar-refractivity contribution in [3.8, 4) is 0 Å². The van der Waals surface area contributed by atoms with Crippen LogP contribution in [-0.2, 0) is 0 Å². The summed E-state index contributed by atoms with van der Waals surface area (Å²) in [6.07, 6.45) is 0. The van der Waals surface area contributed by atoms with Crippen molar-refractivity contribution >= 4 is 11.6 Å². The quantitative estimate of drug-likeness (QED) is 0.843. The molecule has 1 nitrogen and oxygen atoms in total. The third kappa shape index (κ3) is 2.93. The van der Waals surface area contributed by atoms with E-state index in [2.05, 4.69) is 13.8 Å². The second kappa shape index (κ2) is 4.95. The molecule has 2 unspecified atom stereocenters. The van der Waals surface area contributed by atoms with E-state index in [0.29, 0.717) is 5.92 Å². The lowest BCUT2D eigenvalue weighted by Gasteiger charge is -2.23. The zero-order chi connectivity index (χ0) is 11.6. The first kappa shape index (κ1) is 12.5. The van der Waals surface area contributed by atoms with Gasteiger partial charge in [0.15, 0.2) is 0 Å². The van der Waals surface area contributed by atoms with Crippen molar-refractivity contribution in [2.75, 3.05) is 0 Å². The summed E-state index contributed by atoms with van der Waals surface area (Å²) in [6.45, 7) is 6.19. The molecule has 0 fully saturated rings. The fourth-order valence-electron chi connectivity index (χ4n) is 1.60. The molecule has 84 valence electrons. The monoisotopic (exact) mass is 229 g/mol. The maximum absolute atomic E-state index is 13.0. The van der Waals surface area contributed by atoms with Crippen molar-refractivity contribution in [2.45, 2.75) is 32.7 Å². The summed E-state index contributed by atoms with van der Waals surface area (Å²) >= 11 is 5.73. The molecule has 0 aliphatic heterocycles. The number of rotatable bonds is 3. The molecule has 0 saturated heterocycles. The van der Waals surface area contributed by atoms with Crippen LogP contribution in [0.2, 0.25) is 5.02 Å². The zero-order valence-electron chi connectivity index (χ0n) is 9.30. The first-order valence-corrected chi connectivity index (χ1v) is 5.51. The van der Waals surface area contributed by atoms with Gasteiger partial charge in [-0.05, 0) is 29.5 Å². The SMILES string of the molecule is CC(C)C(N)C(C)c1ccc(F)c(Cl)c1. The molecule has 2 N–H and O–H groups in total. The first-order valence-electron chi connectivity index (χ1n) is 5.14. The molecule has 1 aromatic carbocycles. The van der Waals surface area contributed by atoms with E-state index in [1.54, 1.807) is 12.1 Å². The molecule has 1 aromatic rings. The second-order valence-electron chi connectivity index (χ2n) is 4.28. The van der Waals surface area contributed by atoms with Gasteiger partial charge >= 0.3 is 0 Å². The number of nitrogens with two attached hydrogens (primary N) is 1. The summed E-state index contributed by atoms with van der Waals surface area (Å²) in [5, 5.41) is 0.162. The van der Waals surface area contributed by atoms with Crippen LogP contribution in [0.1, 0.15) is 32.3 Å². The van der Waals surface area contributed by atoms with Gasteiger partial charge in [0.2, 0.25) is 0 Å². The number of hydrogen-bond donors (Lipinski definition) is 1. The Bertz CT molecular complexity index is 338. The highest BCUT2D eigenvalue weighted by atomic mass is 35.5. The van der Waals surface area contributed by atoms with Crippen LogP contribution in [-0.4, -0.2) is 6.04 Å². The average Bonchev–Trinajstić information content (AvgIpc) is 2.19. The van der Waals surface area contributed by atoms with Crippen molar-refractivity contribution in [3.63, 3.8) is 0 Å². The van der Waals surface area contributed by atoms with E-state index in [1.165, 1.54) is 6.07 Å². The van der Waals surface area contributed by atoms with Crippen molar-refractivity contribution in [2.24, 2.45) is 11.7 Å². The van der Waals surface area contributed by atoms with Gasteiger partial charge in [-0.15, -0.1) is 0 Å². The van der Waals surface area contributed by atoms with E-state index >= 15 is 0 Å². The first-order chi connectivity index (χ1) is 6.93. The fraction of sp³-hybridized carbons (Fsp3) is 0.500. The smallest absolute Gasteiger partial charge is 0.141 e. The molecule has 0 amide bonds. The molecule has 0 saturated carbocycles. The van der Waals surface area contributed by atoms with E-state index in [9.17, 15) is 4.39 Å². The lowest BCUT2D eigenvalue weighted by atomic mass is 9.87. The van der Waals surface area contributed by atoms with Crippen molar-refractivity contribution in [1.82, 2.24) is 0 Å². The van der Waals surface area contributed by atoms with E-state index in [4.69, 9.17) is 17.3 Å². The van der Waals surface area contributed by atoms with Gasteiger partial charge < -0.3 is 5.73 Å².